The summed E-state index contributed by atoms with van der Waals surface area (Å²) in [6.07, 6.45) is 2.57. The molecule has 0 radical (unpaired) electrons. The fourth-order valence-corrected chi connectivity index (χ4v) is 1.36. The fraction of sp³-hybridized carbons (Fsp3) is 0.800. The minimum atomic E-state index is 0.518. The van der Waals surface area contributed by atoms with Gasteiger partial charge in [-0.25, -0.2) is 0 Å². The Morgan fingerprint density at radius 1 is 1.45 bits per heavy atom. The molecule has 62 valence electrons. The maximum absolute atomic E-state index is 3.31. The van der Waals surface area contributed by atoms with Crippen LogP contribution in [0.3, 0.4) is 0 Å². The highest BCUT2D eigenvalue weighted by Gasteiger charge is 2.17. The molecule has 1 fully saturated rings. The highest BCUT2D eigenvalue weighted by molar-refractivity contribution is 5.10. The van der Waals surface area contributed by atoms with Gasteiger partial charge in [-0.1, -0.05) is 25.7 Å². The average molecular weight is 151 g/mol. The molecule has 1 aliphatic rings. The summed E-state index contributed by atoms with van der Waals surface area (Å²) in [5, 5.41) is 0. The van der Waals surface area contributed by atoms with Gasteiger partial charge in [0.2, 0.25) is 0 Å². The van der Waals surface area contributed by atoms with Gasteiger partial charge in [-0.05, 0) is 26.4 Å². The van der Waals surface area contributed by atoms with Crippen LogP contribution in [0.25, 0.3) is 0 Å². The van der Waals surface area contributed by atoms with Crippen molar-refractivity contribution in [3.05, 3.63) is 0 Å². The molecule has 1 rings (SSSR count). The predicted octanol–water partition coefficient (Wildman–Crippen LogP) is 1.74. The van der Waals surface area contributed by atoms with Crippen LogP contribution < -0.4 is 0 Å². The Hall–Kier alpha value is -0.480. The van der Waals surface area contributed by atoms with Crippen molar-refractivity contribution in [2.75, 3.05) is 13.6 Å². The van der Waals surface area contributed by atoms with Crippen LogP contribution in [0.1, 0.15) is 26.7 Å². The first-order valence-electron chi connectivity index (χ1n) is 4.41. The van der Waals surface area contributed by atoms with Crippen LogP contribution in [0.15, 0.2) is 0 Å². The van der Waals surface area contributed by atoms with Crippen molar-refractivity contribution in [3.63, 3.8) is 0 Å². The molecule has 0 amide bonds. The van der Waals surface area contributed by atoms with E-state index in [0.29, 0.717) is 12.0 Å². The van der Waals surface area contributed by atoms with Gasteiger partial charge in [0.05, 0.1) is 6.04 Å². The lowest BCUT2D eigenvalue weighted by atomic mass is 10.2. The van der Waals surface area contributed by atoms with Crippen LogP contribution >= 0.6 is 0 Å². The second-order valence-corrected chi connectivity index (χ2v) is 3.58. The van der Waals surface area contributed by atoms with Crippen LogP contribution in [0.5, 0.6) is 0 Å². The number of hydrogen-bond donors (Lipinski definition) is 0. The molecule has 0 aromatic carbocycles. The normalized spacial score (nSPS) is 25.3. The van der Waals surface area contributed by atoms with Crippen molar-refractivity contribution < 1.29 is 0 Å². The first kappa shape index (κ1) is 8.62. The minimum absolute atomic E-state index is 0.518. The van der Waals surface area contributed by atoms with Gasteiger partial charge in [-0.2, -0.15) is 0 Å². The summed E-state index contributed by atoms with van der Waals surface area (Å²) in [4.78, 5) is 2.34. The second kappa shape index (κ2) is 3.78. The summed E-state index contributed by atoms with van der Waals surface area (Å²) >= 11 is 0. The van der Waals surface area contributed by atoms with Crippen molar-refractivity contribution in [2.24, 2.45) is 5.92 Å². The van der Waals surface area contributed by atoms with Gasteiger partial charge >= 0.3 is 0 Å². The summed E-state index contributed by atoms with van der Waals surface area (Å²) in [5.74, 6) is 7.05. The molecule has 1 aliphatic heterocycles. The van der Waals surface area contributed by atoms with Crippen molar-refractivity contribution in [3.8, 4) is 11.8 Å². The molecule has 1 saturated heterocycles. The van der Waals surface area contributed by atoms with E-state index in [1.54, 1.807) is 0 Å². The molecule has 0 N–H and O–H groups in total. The minimum Gasteiger partial charge on any atom is -0.293 e. The SMILES string of the molecule is CC(C)C#CC1CCCN1C. The van der Waals surface area contributed by atoms with Crippen molar-refractivity contribution in [2.45, 2.75) is 32.7 Å². The van der Waals surface area contributed by atoms with Gasteiger partial charge < -0.3 is 0 Å². The van der Waals surface area contributed by atoms with E-state index < -0.39 is 0 Å². The number of nitrogens with zero attached hydrogens (tertiary/aromatic N) is 1. The number of hydrogen-bond acceptors (Lipinski definition) is 1. The topological polar surface area (TPSA) is 3.24 Å². The molecule has 0 bridgehead atoms. The molecule has 0 aromatic rings. The lowest BCUT2D eigenvalue weighted by molar-refractivity contribution is 0.365. The van der Waals surface area contributed by atoms with Crippen molar-refractivity contribution in [1.82, 2.24) is 4.90 Å². The van der Waals surface area contributed by atoms with E-state index in [9.17, 15) is 0 Å². The van der Waals surface area contributed by atoms with Crippen LogP contribution in [0, 0.1) is 17.8 Å². The van der Waals surface area contributed by atoms with Crippen LogP contribution in [-0.2, 0) is 0 Å². The quantitative estimate of drug-likeness (QED) is 0.477. The molecule has 0 aromatic heterocycles. The largest absolute Gasteiger partial charge is 0.293 e. The van der Waals surface area contributed by atoms with E-state index in [-0.39, 0.29) is 0 Å². The standard InChI is InChI=1S/C10H17N/c1-9(2)6-7-10-5-4-8-11(10)3/h9-10H,4-5,8H2,1-3H3. The Morgan fingerprint density at radius 2 is 2.18 bits per heavy atom. The second-order valence-electron chi connectivity index (χ2n) is 3.58. The first-order chi connectivity index (χ1) is 5.20. The summed E-state index contributed by atoms with van der Waals surface area (Å²) in [5.41, 5.74) is 0. The summed E-state index contributed by atoms with van der Waals surface area (Å²) in [6, 6.07) is 0.539. The smallest absolute Gasteiger partial charge is 0.0712 e. The van der Waals surface area contributed by atoms with E-state index in [0.717, 1.165) is 0 Å². The third-order valence-electron chi connectivity index (χ3n) is 2.06. The molecule has 1 heterocycles. The van der Waals surface area contributed by atoms with E-state index in [2.05, 4.69) is 37.6 Å². The molecular formula is C10H17N. The van der Waals surface area contributed by atoms with Crippen LogP contribution in [-0.4, -0.2) is 24.5 Å². The molecule has 11 heavy (non-hydrogen) atoms. The molecular weight excluding hydrogens is 134 g/mol. The number of rotatable bonds is 0. The summed E-state index contributed by atoms with van der Waals surface area (Å²) in [7, 11) is 2.16. The Morgan fingerprint density at radius 3 is 2.64 bits per heavy atom. The van der Waals surface area contributed by atoms with Crippen molar-refractivity contribution >= 4 is 0 Å². The maximum Gasteiger partial charge on any atom is 0.0712 e. The Bertz CT molecular complexity index is 173. The molecule has 1 nitrogen and oxygen atoms in total. The lowest BCUT2D eigenvalue weighted by Gasteiger charge is -2.12. The maximum atomic E-state index is 3.31. The molecule has 1 heteroatoms. The van der Waals surface area contributed by atoms with E-state index in [4.69, 9.17) is 0 Å². The Balaban J connectivity index is 2.43. The van der Waals surface area contributed by atoms with Gasteiger partial charge in [0.1, 0.15) is 0 Å². The van der Waals surface area contributed by atoms with Crippen molar-refractivity contribution in [1.29, 1.82) is 0 Å². The van der Waals surface area contributed by atoms with Gasteiger partial charge in [0.15, 0.2) is 0 Å². The molecule has 1 unspecified atom stereocenters. The number of likely N-dealkylation sites (tertiary alicyclic amines) is 1. The fourth-order valence-electron chi connectivity index (χ4n) is 1.36. The third kappa shape index (κ3) is 2.55. The van der Waals surface area contributed by atoms with E-state index in [1.165, 1.54) is 19.4 Å². The third-order valence-corrected chi connectivity index (χ3v) is 2.06. The average Bonchev–Trinajstić information content (AvgIpc) is 2.31. The zero-order chi connectivity index (χ0) is 8.27. The zero-order valence-corrected chi connectivity index (χ0v) is 7.72. The van der Waals surface area contributed by atoms with E-state index >= 15 is 0 Å². The molecule has 1 atom stereocenters. The zero-order valence-electron chi connectivity index (χ0n) is 7.72. The van der Waals surface area contributed by atoms with Crippen LogP contribution in [0.2, 0.25) is 0 Å². The Labute approximate surface area is 69.8 Å². The van der Waals surface area contributed by atoms with Crippen LogP contribution in [0.4, 0.5) is 0 Å². The van der Waals surface area contributed by atoms with Gasteiger partial charge in [0.25, 0.3) is 0 Å². The first-order valence-corrected chi connectivity index (χ1v) is 4.41. The predicted molar refractivity (Wildman–Crippen MR) is 48.3 cm³/mol. The molecule has 0 saturated carbocycles. The van der Waals surface area contributed by atoms with E-state index in [1.807, 2.05) is 0 Å². The lowest BCUT2D eigenvalue weighted by Crippen LogP contribution is -2.22. The van der Waals surface area contributed by atoms with Gasteiger partial charge in [-0.15, -0.1) is 0 Å². The highest BCUT2D eigenvalue weighted by Crippen LogP contribution is 2.13. The summed E-state index contributed by atoms with van der Waals surface area (Å²) < 4.78 is 0. The monoisotopic (exact) mass is 151 g/mol. The highest BCUT2D eigenvalue weighted by atomic mass is 15.1. The van der Waals surface area contributed by atoms with Gasteiger partial charge in [-0.3, -0.25) is 4.90 Å². The molecule has 0 aliphatic carbocycles. The summed E-state index contributed by atoms with van der Waals surface area (Å²) in [6.45, 7) is 5.50. The van der Waals surface area contributed by atoms with Gasteiger partial charge in [0, 0.05) is 5.92 Å². The molecule has 0 spiro atoms. The Kier molecular flexibility index (Phi) is 2.96.